The summed E-state index contributed by atoms with van der Waals surface area (Å²) in [5.41, 5.74) is 0.830. The Labute approximate surface area is 156 Å². The fraction of sp³-hybridized carbons (Fsp3) is 0.250. The van der Waals surface area contributed by atoms with E-state index in [0.29, 0.717) is 17.1 Å². The van der Waals surface area contributed by atoms with Gasteiger partial charge in [-0.1, -0.05) is 6.07 Å². The molecule has 4 amide bonds. The number of nitrogens with zero attached hydrogens (tertiary/aromatic N) is 1. The number of hydrogen-bond acceptors (Lipinski definition) is 7. The molecule has 136 valence electrons. The standard InChI is InChI=1S/C16H15N3O5S2/c1-9(20)18-14-13(10(8-26-14)11-3-2-6-25-11)15(22)24-7-12(21)19-5-4-17-16(19)23/h2-3,6,8H,4-5,7H2,1H3,(H,17,23)(H,18,20). The van der Waals surface area contributed by atoms with E-state index in [9.17, 15) is 19.2 Å². The average molecular weight is 393 g/mol. The molecule has 1 aliphatic heterocycles. The van der Waals surface area contributed by atoms with Gasteiger partial charge in [0.1, 0.15) is 10.6 Å². The Balaban J connectivity index is 1.79. The van der Waals surface area contributed by atoms with Crippen molar-refractivity contribution in [1.29, 1.82) is 0 Å². The van der Waals surface area contributed by atoms with E-state index in [0.717, 1.165) is 9.78 Å². The summed E-state index contributed by atoms with van der Waals surface area (Å²) in [6, 6.07) is 3.20. The summed E-state index contributed by atoms with van der Waals surface area (Å²) in [5.74, 6) is -1.64. The lowest BCUT2D eigenvalue weighted by molar-refractivity contribution is -0.130. The molecule has 0 aliphatic carbocycles. The van der Waals surface area contributed by atoms with Crippen LogP contribution in [0.3, 0.4) is 0 Å². The second-order valence-corrected chi connectivity index (χ2v) is 7.19. The van der Waals surface area contributed by atoms with E-state index in [1.54, 1.807) is 5.38 Å². The molecular formula is C16H15N3O5S2. The van der Waals surface area contributed by atoms with Gasteiger partial charge in [0, 0.05) is 35.8 Å². The van der Waals surface area contributed by atoms with Gasteiger partial charge < -0.3 is 15.4 Å². The van der Waals surface area contributed by atoms with Crippen LogP contribution >= 0.6 is 22.7 Å². The summed E-state index contributed by atoms with van der Waals surface area (Å²) >= 11 is 2.65. The van der Waals surface area contributed by atoms with Crippen LogP contribution in [0.25, 0.3) is 10.4 Å². The van der Waals surface area contributed by atoms with E-state index in [-0.39, 0.29) is 18.0 Å². The molecule has 0 spiro atoms. The summed E-state index contributed by atoms with van der Waals surface area (Å²) in [5, 5.41) is 9.10. The topological polar surface area (TPSA) is 105 Å². The lowest BCUT2D eigenvalue weighted by Crippen LogP contribution is -2.37. The number of anilines is 1. The van der Waals surface area contributed by atoms with Crippen molar-refractivity contribution in [2.75, 3.05) is 25.0 Å². The highest BCUT2D eigenvalue weighted by Gasteiger charge is 2.28. The molecule has 26 heavy (non-hydrogen) atoms. The van der Waals surface area contributed by atoms with Crippen molar-refractivity contribution >= 4 is 51.5 Å². The quantitative estimate of drug-likeness (QED) is 0.758. The number of nitrogens with one attached hydrogen (secondary N) is 2. The van der Waals surface area contributed by atoms with Crippen molar-refractivity contribution in [3.63, 3.8) is 0 Å². The largest absolute Gasteiger partial charge is 0.452 e. The highest BCUT2D eigenvalue weighted by atomic mass is 32.1. The molecule has 1 fully saturated rings. The smallest absolute Gasteiger partial charge is 0.342 e. The summed E-state index contributed by atoms with van der Waals surface area (Å²) in [4.78, 5) is 49.3. The maximum absolute atomic E-state index is 12.6. The maximum Gasteiger partial charge on any atom is 0.342 e. The second-order valence-electron chi connectivity index (χ2n) is 5.37. The van der Waals surface area contributed by atoms with Crippen LogP contribution in [0.2, 0.25) is 0 Å². The summed E-state index contributed by atoms with van der Waals surface area (Å²) < 4.78 is 5.12. The van der Waals surface area contributed by atoms with Gasteiger partial charge in [-0.2, -0.15) is 0 Å². The monoisotopic (exact) mass is 393 g/mol. The summed E-state index contributed by atoms with van der Waals surface area (Å²) in [6.45, 7) is 1.41. The van der Waals surface area contributed by atoms with Crippen molar-refractivity contribution in [2.45, 2.75) is 6.92 Å². The average Bonchev–Trinajstić information content (AvgIpc) is 3.31. The maximum atomic E-state index is 12.6. The van der Waals surface area contributed by atoms with Crippen molar-refractivity contribution < 1.29 is 23.9 Å². The van der Waals surface area contributed by atoms with E-state index in [1.165, 1.54) is 29.6 Å². The minimum atomic E-state index is -0.730. The number of thiophene rings is 2. The van der Waals surface area contributed by atoms with Crippen molar-refractivity contribution in [2.24, 2.45) is 0 Å². The SMILES string of the molecule is CC(=O)Nc1scc(-c2cccs2)c1C(=O)OCC(=O)N1CCNC1=O. The van der Waals surface area contributed by atoms with Gasteiger partial charge in [0.15, 0.2) is 6.61 Å². The summed E-state index contributed by atoms with van der Waals surface area (Å²) in [6.07, 6.45) is 0. The molecule has 0 atom stereocenters. The molecule has 8 nitrogen and oxygen atoms in total. The molecule has 0 unspecified atom stereocenters. The van der Waals surface area contributed by atoms with Gasteiger partial charge in [-0.3, -0.25) is 14.5 Å². The number of rotatable bonds is 5. The molecule has 1 saturated heterocycles. The van der Waals surface area contributed by atoms with E-state index < -0.39 is 24.5 Å². The van der Waals surface area contributed by atoms with Crippen LogP contribution in [0.15, 0.2) is 22.9 Å². The molecule has 2 N–H and O–H groups in total. The summed E-state index contributed by atoms with van der Waals surface area (Å²) in [7, 11) is 0. The number of ether oxygens (including phenoxy) is 1. The number of esters is 1. The molecule has 0 radical (unpaired) electrons. The first-order chi connectivity index (χ1) is 12.5. The van der Waals surface area contributed by atoms with Crippen LogP contribution in [-0.2, 0) is 14.3 Å². The molecular weight excluding hydrogens is 378 g/mol. The first-order valence-corrected chi connectivity index (χ1v) is 9.41. The van der Waals surface area contributed by atoms with Crippen LogP contribution in [0.4, 0.5) is 9.80 Å². The molecule has 2 aromatic heterocycles. The second kappa shape index (κ2) is 7.67. The van der Waals surface area contributed by atoms with Gasteiger partial charge in [-0.25, -0.2) is 9.59 Å². The predicted molar refractivity (Wildman–Crippen MR) is 97.3 cm³/mol. The number of amides is 4. The predicted octanol–water partition coefficient (Wildman–Crippen LogP) is 2.14. The van der Waals surface area contributed by atoms with Gasteiger partial charge in [-0.05, 0) is 11.4 Å². The van der Waals surface area contributed by atoms with Crippen molar-refractivity contribution in [3.05, 3.63) is 28.5 Å². The van der Waals surface area contributed by atoms with Crippen molar-refractivity contribution in [3.8, 4) is 10.4 Å². The Kier molecular flexibility index (Phi) is 5.33. The van der Waals surface area contributed by atoms with E-state index >= 15 is 0 Å². The van der Waals surface area contributed by atoms with E-state index in [1.807, 2.05) is 17.5 Å². The molecule has 10 heteroatoms. The third-order valence-electron chi connectivity index (χ3n) is 3.56. The zero-order valence-electron chi connectivity index (χ0n) is 13.7. The van der Waals surface area contributed by atoms with Gasteiger partial charge in [0.25, 0.3) is 5.91 Å². The molecule has 3 heterocycles. The number of urea groups is 1. The molecule has 1 aliphatic rings. The third kappa shape index (κ3) is 3.75. The minimum absolute atomic E-state index is 0.200. The van der Waals surface area contributed by atoms with Crippen LogP contribution in [0, 0.1) is 0 Å². The fourth-order valence-corrected chi connectivity index (χ4v) is 4.23. The zero-order valence-corrected chi connectivity index (χ0v) is 15.4. The minimum Gasteiger partial charge on any atom is -0.452 e. The number of carbonyl (C=O) groups excluding carboxylic acids is 4. The molecule has 2 aromatic rings. The lowest BCUT2D eigenvalue weighted by atomic mass is 10.1. The zero-order chi connectivity index (χ0) is 18.7. The molecule has 0 saturated carbocycles. The van der Waals surface area contributed by atoms with E-state index in [4.69, 9.17) is 4.74 Å². The van der Waals surface area contributed by atoms with Gasteiger partial charge in [-0.15, -0.1) is 22.7 Å². The Morgan fingerprint density at radius 3 is 2.77 bits per heavy atom. The van der Waals surface area contributed by atoms with E-state index in [2.05, 4.69) is 10.6 Å². The first-order valence-electron chi connectivity index (χ1n) is 7.65. The number of carbonyl (C=O) groups is 4. The number of hydrogen-bond donors (Lipinski definition) is 2. The molecule has 3 rings (SSSR count). The fourth-order valence-electron chi connectivity index (χ4n) is 2.41. The lowest BCUT2D eigenvalue weighted by Gasteiger charge is -2.13. The highest BCUT2D eigenvalue weighted by molar-refractivity contribution is 7.17. The third-order valence-corrected chi connectivity index (χ3v) is 5.35. The Morgan fingerprint density at radius 2 is 2.15 bits per heavy atom. The Hall–Kier alpha value is -2.72. The molecule has 0 aromatic carbocycles. The Bertz CT molecular complexity index is 859. The molecule has 0 bridgehead atoms. The first kappa shape index (κ1) is 18.1. The van der Waals surface area contributed by atoms with Crippen LogP contribution in [-0.4, -0.2) is 48.4 Å². The van der Waals surface area contributed by atoms with Gasteiger partial charge in [0.2, 0.25) is 5.91 Å². The van der Waals surface area contributed by atoms with Crippen LogP contribution < -0.4 is 10.6 Å². The normalized spacial score (nSPS) is 13.4. The highest BCUT2D eigenvalue weighted by Crippen LogP contribution is 2.38. The Morgan fingerprint density at radius 1 is 1.35 bits per heavy atom. The number of imide groups is 1. The van der Waals surface area contributed by atoms with Gasteiger partial charge in [0.05, 0.1) is 0 Å². The van der Waals surface area contributed by atoms with Crippen LogP contribution in [0.1, 0.15) is 17.3 Å². The van der Waals surface area contributed by atoms with Gasteiger partial charge >= 0.3 is 12.0 Å². The van der Waals surface area contributed by atoms with Crippen molar-refractivity contribution in [1.82, 2.24) is 10.2 Å². The van der Waals surface area contributed by atoms with Crippen LogP contribution in [0.5, 0.6) is 0 Å².